The number of fused-ring (bicyclic) bond motifs is 1. The number of carboxylic acid groups (broad SMARTS) is 1. The predicted molar refractivity (Wildman–Crippen MR) is 134 cm³/mol. The number of para-hydroxylation sites is 1. The molecular weight excluding hydrogens is 494 g/mol. The monoisotopic (exact) mass is 513 g/mol. The topological polar surface area (TPSA) is 128 Å². The van der Waals surface area contributed by atoms with Gasteiger partial charge in [-0.3, -0.25) is 18.7 Å². The predicted octanol–water partition coefficient (Wildman–Crippen LogP) is 2.56. The minimum atomic E-state index is -1.16. The van der Waals surface area contributed by atoms with Gasteiger partial charge in [-0.2, -0.15) is 0 Å². The van der Waals surface area contributed by atoms with Gasteiger partial charge in [0.25, 0.3) is 5.56 Å². The molecule has 1 amide bonds. The van der Waals surface area contributed by atoms with Crippen LogP contribution in [0.4, 0.5) is 5.69 Å². The Balaban J connectivity index is 1.71. The maximum atomic E-state index is 13.0. The lowest BCUT2D eigenvalue weighted by atomic mass is 10.2. The van der Waals surface area contributed by atoms with Gasteiger partial charge in [-0.1, -0.05) is 53.7 Å². The van der Waals surface area contributed by atoms with E-state index in [2.05, 4.69) is 10.3 Å². The minimum Gasteiger partial charge on any atom is -0.478 e. The highest BCUT2D eigenvalue weighted by molar-refractivity contribution is 7.99. The molecule has 0 aliphatic rings. The molecule has 0 bridgehead atoms. The zero-order valence-corrected chi connectivity index (χ0v) is 20.3. The lowest BCUT2D eigenvalue weighted by Gasteiger charge is -2.11. The standard InChI is InChI=1S/C23H20ClN5O5S/c1-27-19-18(20(31)28(2)23(27)34)29(11-13-7-3-5-9-15(13)24)22(26-19)35-12-17(30)25-16-10-6-4-8-14(16)21(32)33/h3-10H,11-12H2,1-2H3,(H,25,30)(H,32,33). The largest absolute Gasteiger partial charge is 0.478 e. The van der Waals surface area contributed by atoms with Gasteiger partial charge >= 0.3 is 11.7 Å². The number of amides is 1. The summed E-state index contributed by atoms with van der Waals surface area (Å²) in [6.07, 6.45) is 0. The van der Waals surface area contributed by atoms with E-state index in [1.165, 1.54) is 30.8 Å². The fraction of sp³-hybridized carbons (Fsp3) is 0.174. The third-order valence-corrected chi connectivity index (χ3v) is 6.71. The first-order chi connectivity index (χ1) is 16.7. The van der Waals surface area contributed by atoms with E-state index in [0.717, 1.165) is 21.9 Å². The normalized spacial score (nSPS) is 11.1. The number of rotatable bonds is 7. The van der Waals surface area contributed by atoms with E-state index < -0.39 is 23.1 Å². The second-order valence-corrected chi connectivity index (χ2v) is 8.99. The summed E-state index contributed by atoms with van der Waals surface area (Å²) < 4.78 is 3.89. The number of anilines is 1. The fourth-order valence-corrected chi connectivity index (χ4v) is 4.57. The van der Waals surface area contributed by atoms with Gasteiger partial charge in [-0.05, 0) is 23.8 Å². The van der Waals surface area contributed by atoms with Crippen LogP contribution in [0, 0.1) is 0 Å². The van der Waals surface area contributed by atoms with Gasteiger partial charge in [-0.25, -0.2) is 14.6 Å². The zero-order valence-electron chi connectivity index (χ0n) is 18.7. The molecule has 2 aromatic heterocycles. The molecule has 0 unspecified atom stereocenters. The summed E-state index contributed by atoms with van der Waals surface area (Å²) in [5.74, 6) is -1.73. The number of benzene rings is 2. The Morgan fingerprint density at radius 2 is 1.74 bits per heavy atom. The number of aromatic carboxylic acids is 1. The number of thioether (sulfide) groups is 1. The van der Waals surface area contributed by atoms with E-state index in [4.69, 9.17) is 11.6 Å². The van der Waals surface area contributed by atoms with Crippen LogP contribution >= 0.6 is 23.4 Å². The minimum absolute atomic E-state index is 0.0321. The van der Waals surface area contributed by atoms with Crippen molar-refractivity contribution in [1.29, 1.82) is 0 Å². The summed E-state index contributed by atoms with van der Waals surface area (Å²) in [5.41, 5.74) is 0.213. The van der Waals surface area contributed by atoms with Crippen LogP contribution in [0.1, 0.15) is 15.9 Å². The molecule has 2 aromatic carbocycles. The Labute approximate surface area is 207 Å². The number of aromatic nitrogens is 4. The van der Waals surface area contributed by atoms with Gasteiger partial charge in [-0.15, -0.1) is 0 Å². The van der Waals surface area contributed by atoms with Crippen LogP contribution in [0.5, 0.6) is 0 Å². The molecule has 0 saturated carbocycles. The lowest BCUT2D eigenvalue weighted by molar-refractivity contribution is -0.113. The van der Waals surface area contributed by atoms with Crippen LogP contribution in [0.2, 0.25) is 5.02 Å². The maximum Gasteiger partial charge on any atom is 0.337 e. The van der Waals surface area contributed by atoms with E-state index in [1.807, 2.05) is 12.1 Å². The number of halogens is 1. The highest BCUT2D eigenvalue weighted by Gasteiger charge is 2.21. The number of nitrogens with one attached hydrogen (secondary N) is 1. The Kier molecular flexibility index (Phi) is 6.81. The van der Waals surface area contributed by atoms with Gasteiger partial charge in [0.1, 0.15) is 0 Å². The number of carbonyl (C=O) groups excluding carboxylic acids is 1. The van der Waals surface area contributed by atoms with Crippen molar-refractivity contribution in [1.82, 2.24) is 18.7 Å². The number of hydrogen-bond donors (Lipinski definition) is 2. The first kappa shape index (κ1) is 24.3. The summed E-state index contributed by atoms with van der Waals surface area (Å²) in [6, 6.07) is 13.2. The van der Waals surface area contributed by atoms with Gasteiger partial charge in [0.15, 0.2) is 16.3 Å². The number of aryl methyl sites for hydroxylation is 1. The maximum absolute atomic E-state index is 13.0. The van der Waals surface area contributed by atoms with E-state index in [9.17, 15) is 24.3 Å². The van der Waals surface area contributed by atoms with Crippen molar-refractivity contribution in [3.63, 3.8) is 0 Å². The van der Waals surface area contributed by atoms with Gasteiger partial charge in [0.05, 0.1) is 23.5 Å². The molecule has 10 nitrogen and oxygen atoms in total. The van der Waals surface area contributed by atoms with Crippen molar-refractivity contribution in [3.8, 4) is 0 Å². The van der Waals surface area contributed by atoms with E-state index in [1.54, 1.807) is 28.8 Å². The number of imidazole rings is 1. The zero-order chi connectivity index (χ0) is 25.3. The fourth-order valence-electron chi connectivity index (χ4n) is 3.58. The highest BCUT2D eigenvalue weighted by atomic mass is 35.5. The summed E-state index contributed by atoms with van der Waals surface area (Å²) in [5, 5.41) is 12.7. The van der Waals surface area contributed by atoms with Gasteiger partial charge in [0, 0.05) is 19.1 Å². The van der Waals surface area contributed by atoms with Crippen LogP contribution < -0.4 is 16.6 Å². The second-order valence-electron chi connectivity index (χ2n) is 7.64. The molecule has 2 N–H and O–H groups in total. The van der Waals surface area contributed by atoms with Crippen molar-refractivity contribution in [3.05, 3.63) is 85.5 Å². The number of hydrogen-bond acceptors (Lipinski definition) is 6. The van der Waals surface area contributed by atoms with Crippen molar-refractivity contribution < 1.29 is 14.7 Å². The Morgan fingerprint density at radius 3 is 2.46 bits per heavy atom. The van der Waals surface area contributed by atoms with Crippen LogP contribution in [0.25, 0.3) is 11.2 Å². The molecule has 4 aromatic rings. The van der Waals surface area contributed by atoms with Crippen LogP contribution in [-0.2, 0) is 25.4 Å². The van der Waals surface area contributed by atoms with Gasteiger partial charge in [0.2, 0.25) is 5.91 Å². The number of carbonyl (C=O) groups is 2. The van der Waals surface area contributed by atoms with Crippen molar-refractivity contribution >= 4 is 52.1 Å². The Bertz CT molecular complexity index is 1590. The summed E-state index contributed by atoms with van der Waals surface area (Å²) in [6.45, 7) is 0.190. The van der Waals surface area contributed by atoms with Crippen molar-refractivity contribution in [2.75, 3.05) is 11.1 Å². The number of nitrogens with zero attached hydrogens (tertiary/aromatic N) is 4. The molecule has 2 heterocycles. The second kappa shape index (κ2) is 9.80. The Morgan fingerprint density at radius 1 is 1.06 bits per heavy atom. The Hall–Kier alpha value is -3.83. The molecule has 0 radical (unpaired) electrons. The van der Waals surface area contributed by atoms with Crippen LogP contribution in [-0.4, -0.2) is 41.4 Å². The number of carboxylic acids is 1. The van der Waals surface area contributed by atoms with Crippen molar-refractivity contribution in [2.24, 2.45) is 14.1 Å². The molecule has 0 aliphatic heterocycles. The third kappa shape index (κ3) is 4.73. The molecule has 35 heavy (non-hydrogen) atoms. The van der Waals surface area contributed by atoms with Crippen LogP contribution in [0.15, 0.2) is 63.3 Å². The lowest BCUT2D eigenvalue weighted by Crippen LogP contribution is -2.37. The summed E-state index contributed by atoms with van der Waals surface area (Å²) in [7, 11) is 2.90. The molecule has 0 fully saturated rings. The molecule has 0 saturated heterocycles. The SMILES string of the molecule is Cn1c(=O)c2c(nc(SCC(=O)Nc3ccccc3C(=O)O)n2Cc2ccccc2Cl)n(C)c1=O. The van der Waals surface area contributed by atoms with E-state index >= 15 is 0 Å². The molecule has 0 spiro atoms. The molecule has 4 rings (SSSR count). The van der Waals surface area contributed by atoms with E-state index in [0.29, 0.717) is 10.2 Å². The average Bonchev–Trinajstić information content (AvgIpc) is 3.20. The van der Waals surface area contributed by atoms with Crippen LogP contribution in [0.3, 0.4) is 0 Å². The first-order valence-corrected chi connectivity index (χ1v) is 11.7. The first-order valence-electron chi connectivity index (χ1n) is 10.3. The summed E-state index contributed by atoms with van der Waals surface area (Å²) >= 11 is 7.39. The molecule has 0 atom stereocenters. The quantitative estimate of drug-likeness (QED) is 0.363. The molecule has 12 heteroatoms. The van der Waals surface area contributed by atoms with Crippen molar-refractivity contribution in [2.45, 2.75) is 11.7 Å². The summed E-state index contributed by atoms with van der Waals surface area (Å²) in [4.78, 5) is 54.0. The molecule has 180 valence electrons. The molecule has 0 aliphatic carbocycles. The smallest absolute Gasteiger partial charge is 0.337 e. The molecular formula is C23H20ClN5O5S. The highest BCUT2D eigenvalue weighted by Crippen LogP contribution is 2.25. The van der Waals surface area contributed by atoms with E-state index in [-0.39, 0.29) is 34.7 Å². The van der Waals surface area contributed by atoms with Gasteiger partial charge < -0.3 is 15.0 Å². The average molecular weight is 514 g/mol. The third-order valence-electron chi connectivity index (χ3n) is 5.36.